The van der Waals surface area contributed by atoms with Crippen molar-refractivity contribution in [3.8, 4) is 0 Å². The predicted molar refractivity (Wildman–Crippen MR) is 163 cm³/mol. The first-order chi connectivity index (χ1) is 20.4. The predicted octanol–water partition coefficient (Wildman–Crippen LogP) is 4.44. The lowest BCUT2D eigenvalue weighted by Gasteiger charge is -2.36. The molecule has 10 heteroatoms. The van der Waals surface area contributed by atoms with E-state index in [-0.39, 0.29) is 29.4 Å². The Morgan fingerprint density at radius 1 is 0.930 bits per heavy atom. The quantitative estimate of drug-likeness (QED) is 0.374. The maximum absolute atomic E-state index is 14.4. The zero-order chi connectivity index (χ0) is 30.9. The Balaban J connectivity index is 1.44. The highest BCUT2D eigenvalue weighted by Gasteiger charge is 2.50. The molecule has 2 aromatic carbocycles. The summed E-state index contributed by atoms with van der Waals surface area (Å²) in [4.78, 5) is 54.0. The Morgan fingerprint density at radius 3 is 2.21 bits per heavy atom. The van der Waals surface area contributed by atoms with E-state index < -0.39 is 35.7 Å². The van der Waals surface area contributed by atoms with Crippen molar-refractivity contribution in [2.45, 2.75) is 76.6 Å². The number of alkyl carbamates (subject to hydrolysis) is 1. The Bertz CT molecular complexity index is 1500. The number of nitrogens with two attached hydrogens (primary N) is 2. The molecule has 0 spiro atoms. The summed E-state index contributed by atoms with van der Waals surface area (Å²) < 4.78 is 7.16. The molecular formula is C33H41N5O5. The number of rotatable bonds is 7. The molecule has 3 atom stereocenters. The number of carbonyl (C=O) groups is 4. The van der Waals surface area contributed by atoms with Gasteiger partial charge in [-0.05, 0) is 76.5 Å². The minimum Gasteiger partial charge on any atom is -0.444 e. The molecule has 1 saturated carbocycles. The van der Waals surface area contributed by atoms with E-state index in [2.05, 4.69) is 5.32 Å². The van der Waals surface area contributed by atoms with Gasteiger partial charge in [0, 0.05) is 23.8 Å². The van der Waals surface area contributed by atoms with E-state index in [1.807, 2.05) is 79.9 Å². The van der Waals surface area contributed by atoms with Gasteiger partial charge in [0.25, 0.3) is 5.91 Å². The summed E-state index contributed by atoms with van der Waals surface area (Å²) in [5, 5.41) is 3.67. The second-order valence-corrected chi connectivity index (χ2v) is 12.7. The zero-order valence-corrected chi connectivity index (χ0v) is 25.0. The van der Waals surface area contributed by atoms with Crippen LogP contribution in [0.5, 0.6) is 0 Å². The molecule has 1 aromatic heterocycles. The zero-order valence-electron chi connectivity index (χ0n) is 25.0. The summed E-state index contributed by atoms with van der Waals surface area (Å²) in [6, 6.07) is 18.0. The first kappa shape index (κ1) is 30.1. The highest BCUT2D eigenvalue weighted by atomic mass is 16.6. The van der Waals surface area contributed by atoms with Crippen LogP contribution >= 0.6 is 0 Å². The lowest BCUT2D eigenvalue weighted by atomic mass is 9.81. The number of carbonyl (C=O) groups excluding carboxylic acids is 4. The molecule has 1 unspecified atom stereocenters. The maximum atomic E-state index is 14.4. The van der Waals surface area contributed by atoms with Crippen molar-refractivity contribution in [1.82, 2.24) is 14.8 Å². The molecule has 5 rings (SSSR count). The molecule has 2 fully saturated rings. The molecule has 1 saturated heterocycles. The van der Waals surface area contributed by atoms with E-state index in [0.29, 0.717) is 25.8 Å². The summed E-state index contributed by atoms with van der Waals surface area (Å²) in [6.45, 7) is 5.93. The van der Waals surface area contributed by atoms with Crippen molar-refractivity contribution in [2.75, 3.05) is 6.54 Å². The highest BCUT2D eigenvalue weighted by molar-refractivity contribution is 5.98. The topological polar surface area (TPSA) is 150 Å². The monoisotopic (exact) mass is 587 g/mol. The number of aromatic nitrogens is 1. The van der Waals surface area contributed by atoms with E-state index in [9.17, 15) is 19.2 Å². The Kier molecular flexibility index (Phi) is 8.48. The van der Waals surface area contributed by atoms with E-state index in [1.165, 1.54) is 0 Å². The number of amides is 4. The molecule has 43 heavy (non-hydrogen) atoms. The minimum atomic E-state index is -0.895. The van der Waals surface area contributed by atoms with Crippen LogP contribution in [0.2, 0.25) is 0 Å². The normalized spacial score (nSPS) is 24.1. The third-order valence-electron chi connectivity index (χ3n) is 8.67. The van der Waals surface area contributed by atoms with Crippen molar-refractivity contribution in [1.29, 1.82) is 0 Å². The van der Waals surface area contributed by atoms with Gasteiger partial charge in [-0.15, -0.1) is 0 Å². The molecule has 10 nitrogen and oxygen atoms in total. The second kappa shape index (κ2) is 12.1. The Hall–Kier alpha value is -4.34. The van der Waals surface area contributed by atoms with Crippen LogP contribution in [0.15, 0.2) is 60.7 Å². The van der Waals surface area contributed by atoms with Crippen LogP contribution in [0.4, 0.5) is 4.79 Å². The fourth-order valence-corrected chi connectivity index (χ4v) is 6.77. The molecular weight excluding hydrogens is 546 g/mol. The van der Waals surface area contributed by atoms with Crippen LogP contribution in [0, 0.1) is 11.8 Å². The molecule has 4 amide bonds. The van der Waals surface area contributed by atoms with Crippen molar-refractivity contribution in [3.05, 3.63) is 71.9 Å². The largest absolute Gasteiger partial charge is 0.444 e. The summed E-state index contributed by atoms with van der Waals surface area (Å²) >= 11 is 0. The molecule has 0 radical (unpaired) electrons. The highest BCUT2D eigenvalue weighted by Crippen LogP contribution is 2.46. The standard InChI is InChI=1S/C33H41N5O5/c1-33(2,3)43-32(42)36-19-20-13-15-22(16-14-20)31(41)38-27(18-24(28(38)30(35)40)21-9-5-4-6-10-21)37-25-12-8-7-11-23(25)17-26(37)29(34)39/h4-12,17,20,22,24,27-28H,13-16,18-19H2,1-3H3,(H2,34,39)(H2,35,40)(H,36,42)/t20-,22-,24-,27?,28-/m0/s1. The number of primary amides is 2. The molecule has 2 aliphatic rings. The van der Waals surface area contributed by atoms with Crippen LogP contribution in [-0.4, -0.2) is 51.5 Å². The molecule has 1 aliphatic heterocycles. The molecule has 2 heterocycles. The van der Waals surface area contributed by atoms with Crippen LogP contribution < -0.4 is 16.8 Å². The number of hydrogen-bond donors (Lipinski definition) is 3. The molecule has 228 valence electrons. The number of benzene rings is 2. The molecule has 0 bridgehead atoms. The van der Waals surface area contributed by atoms with Crippen molar-refractivity contribution < 1.29 is 23.9 Å². The first-order valence-electron chi connectivity index (χ1n) is 15.0. The number of fused-ring (bicyclic) bond motifs is 1. The summed E-state index contributed by atoms with van der Waals surface area (Å²) in [5.74, 6) is -1.82. The second-order valence-electron chi connectivity index (χ2n) is 12.7. The van der Waals surface area contributed by atoms with Gasteiger partial charge in [0.2, 0.25) is 11.8 Å². The van der Waals surface area contributed by atoms with Gasteiger partial charge in [-0.2, -0.15) is 0 Å². The molecule has 1 aliphatic carbocycles. The lowest BCUT2D eigenvalue weighted by Crippen LogP contribution is -2.50. The minimum absolute atomic E-state index is 0.154. The van der Waals surface area contributed by atoms with Gasteiger partial charge in [0.05, 0.1) is 5.52 Å². The number of ether oxygens (including phenoxy) is 1. The van der Waals surface area contributed by atoms with Gasteiger partial charge in [-0.1, -0.05) is 48.5 Å². The van der Waals surface area contributed by atoms with E-state index in [4.69, 9.17) is 16.2 Å². The number of nitrogens with zero attached hydrogens (tertiary/aromatic N) is 2. The maximum Gasteiger partial charge on any atom is 0.407 e. The fraction of sp³-hybridized carbons (Fsp3) is 0.455. The first-order valence-corrected chi connectivity index (χ1v) is 15.0. The van der Waals surface area contributed by atoms with Gasteiger partial charge in [-0.25, -0.2) is 4.79 Å². The number of hydrogen-bond acceptors (Lipinski definition) is 5. The summed E-state index contributed by atoms with van der Waals surface area (Å²) in [6.07, 6.45) is 2.02. The fourth-order valence-electron chi connectivity index (χ4n) is 6.77. The van der Waals surface area contributed by atoms with Gasteiger partial charge in [0.15, 0.2) is 0 Å². The van der Waals surface area contributed by atoms with Crippen molar-refractivity contribution in [2.24, 2.45) is 23.3 Å². The van der Waals surface area contributed by atoms with Crippen LogP contribution in [0.25, 0.3) is 10.9 Å². The summed E-state index contributed by atoms with van der Waals surface area (Å²) in [7, 11) is 0. The smallest absolute Gasteiger partial charge is 0.407 e. The van der Waals surface area contributed by atoms with Gasteiger partial charge < -0.3 is 31.0 Å². The molecule has 5 N–H and O–H groups in total. The van der Waals surface area contributed by atoms with E-state index in [0.717, 1.165) is 29.3 Å². The van der Waals surface area contributed by atoms with Crippen LogP contribution in [0.1, 0.15) is 81.0 Å². The third kappa shape index (κ3) is 6.38. The van der Waals surface area contributed by atoms with Gasteiger partial charge >= 0.3 is 6.09 Å². The van der Waals surface area contributed by atoms with E-state index in [1.54, 1.807) is 11.0 Å². The average molecular weight is 588 g/mol. The third-order valence-corrected chi connectivity index (χ3v) is 8.67. The number of likely N-dealkylation sites (tertiary alicyclic amines) is 1. The molecule has 3 aromatic rings. The van der Waals surface area contributed by atoms with Crippen LogP contribution in [0.3, 0.4) is 0 Å². The van der Waals surface area contributed by atoms with Crippen LogP contribution in [-0.2, 0) is 14.3 Å². The SMILES string of the molecule is CC(C)(C)OC(=O)NC[C@H]1CC[C@H](C(=O)N2C(n3c(C(N)=O)cc4ccccc43)C[C@@H](c3ccccc3)[C@H]2C(N)=O)CC1. The number of para-hydroxylation sites is 1. The van der Waals surface area contributed by atoms with Crippen molar-refractivity contribution in [3.63, 3.8) is 0 Å². The van der Waals surface area contributed by atoms with Crippen molar-refractivity contribution >= 4 is 34.7 Å². The lowest BCUT2D eigenvalue weighted by molar-refractivity contribution is -0.145. The Morgan fingerprint density at radius 2 is 1.58 bits per heavy atom. The number of nitrogens with one attached hydrogen (secondary N) is 1. The van der Waals surface area contributed by atoms with Gasteiger partial charge in [0.1, 0.15) is 23.5 Å². The van der Waals surface area contributed by atoms with Gasteiger partial charge in [-0.3, -0.25) is 14.4 Å². The summed E-state index contributed by atoms with van der Waals surface area (Å²) in [5.41, 5.74) is 13.3. The average Bonchev–Trinajstić information content (AvgIpc) is 3.55. The van der Waals surface area contributed by atoms with E-state index >= 15 is 0 Å². The Labute approximate surface area is 251 Å².